The summed E-state index contributed by atoms with van der Waals surface area (Å²) in [5.41, 5.74) is 16.5. The lowest BCUT2D eigenvalue weighted by molar-refractivity contribution is 0.670. The van der Waals surface area contributed by atoms with E-state index in [1.54, 1.807) is 0 Å². The van der Waals surface area contributed by atoms with Gasteiger partial charge in [0.05, 0.1) is 44.2 Å². The van der Waals surface area contributed by atoms with Crippen molar-refractivity contribution in [1.82, 2.24) is 13.7 Å². The highest BCUT2D eigenvalue weighted by Gasteiger charge is 2.22. The largest absolute Gasteiger partial charge is 0.455 e. The minimum atomic E-state index is 0.847. The van der Waals surface area contributed by atoms with E-state index < -0.39 is 0 Å². The zero-order valence-corrected chi connectivity index (χ0v) is 34.5. The Morgan fingerprint density at radius 1 is 0.328 bits per heavy atom. The Morgan fingerprint density at radius 2 is 0.891 bits per heavy atom. The normalized spacial score (nSPS) is 11.9. The Kier molecular flexibility index (Phi) is 7.28. The predicted molar refractivity (Wildman–Crippen MR) is 265 cm³/mol. The van der Waals surface area contributed by atoms with Crippen LogP contribution < -0.4 is 0 Å². The lowest BCUT2D eigenvalue weighted by atomic mass is 9.98. The summed E-state index contributed by atoms with van der Waals surface area (Å²) >= 11 is 0. The van der Waals surface area contributed by atoms with E-state index >= 15 is 0 Å². The molecule has 4 heteroatoms. The minimum absolute atomic E-state index is 0.847. The summed E-state index contributed by atoms with van der Waals surface area (Å²) in [6, 6.07) is 82.9. The van der Waals surface area contributed by atoms with Gasteiger partial charge in [-0.3, -0.25) is 0 Å². The molecular formula is C60H35N3O. The zero-order valence-electron chi connectivity index (χ0n) is 34.5. The molecule has 14 rings (SSSR count). The van der Waals surface area contributed by atoms with Crippen molar-refractivity contribution in [3.63, 3.8) is 0 Å². The standard InChI is InChI=1S/C60H35N3O/c1-2-14-38(15-3-1)39-28-30-40(31-29-39)43-20-12-21-49-59-56(26-13-27-58(59)64-60(43)49)63-54-25-11-6-18-46(54)48-34-32-42(37-57(48)63)62-53-24-10-7-19-47(53)50-36-41(33-35-55(50)62)61-51-22-8-4-16-44(51)45-17-5-9-23-52(45)61/h1-5,7-10,12-37H. The van der Waals surface area contributed by atoms with Crippen LogP contribution in [-0.2, 0) is 0 Å². The average Bonchev–Trinajstić information content (AvgIpc) is 4.10. The Labute approximate surface area is 367 Å². The van der Waals surface area contributed by atoms with Crippen LogP contribution in [0, 0.1) is 12.1 Å². The first-order chi connectivity index (χ1) is 31.8. The summed E-state index contributed by atoms with van der Waals surface area (Å²) in [6.07, 6.45) is 0. The molecule has 4 nitrogen and oxygen atoms in total. The molecule has 0 N–H and O–H groups in total. The van der Waals surface area contributed by atoms with Gasteiger partial charge in [-0.2, -0.15) is 0 Å². The summed E-state index contributed by atoms with van der Waals surface area (Å²) < 4.78 is 14.1. The molecule has 4 heterocycles. The fourth-order valence-electron chi connectivity index (χ4n) is 10.5. The first-order valence-corrected chi connectivity index (χ1v) is 21.8. The van der Waals surface area contributed by atoms with Gasteiger partial charge in [-0.15, -0.1) is 0 Å². The van der Waals surface area contributed by atoms with E-state index in [0.717, 1.165) is 83.0 Å². The van der Waals surface area contributed by atoms with Crippen molar-refractivity contribution in [2.75, 3.05) is 0 Å². The molecular weight excluding hydrogens is 779 g/mol. The molecule has 4 aromatic heterocycles. The summed E-state index contributed by atoms with van der Waals surface area (Å²) in [7, 11) is 0. The van der Waals surface area contributed by atoms with E-state index in [2.05, 4.69) is 238 Å². The van der Waals surface area contributed by atoms with E-state index in [0.29, 0.717) is 0 Å². The molecule has 0 aliphatic heterocycles. The van der Waals surface area contributed by atoms with E-state index in [1.165, 1.54) is 43.7 Å². The average molecular weight is 814 g/mol. The van der Waals surface area contributed by atoms with Gasteiger partial charge in [0.1, 0.15) is 11.2 Å². The molecule has 0 amide bonds. The Bertz CT molecular complexity index is 4130. The van der Waals surface area contributed by atoms with Crippen molar-refractivity contribution in [3.05, 3.63) is 224 Å². The van der Waals surface area contributed by atoms with Crippen LogP contribution in [0.4, 0.5) is 0 Å². The van der Waals surface area contributed by atoms with Crippen LogP contribution in [0.25, 0.3) is 127 Å². The van der Waals surface area contributed by atoms with Crippen molar-refractivity contribution in [3.8, 4) is 39.3 Å². The van der Waals surface area contributed by atoms with Gasteiger partial charge in [-0.1, -0.05) is 152 Å². The number of hydrogen-bond acceptors (Lipinski definition) is 1. The molecule has 0 fully saturated rings. The number of hydrogen-bond donors (Lipinski definition) is 0. The third-order valence-corrected chi connectivity index (χ3v) is 13.3. The Hall–Kier alpha value is -8.78. The van der Waals surface area contributed by atoms with Crippen molar-refractivity contribution in [2.45, 2.75) is 0 Å². The second-order valence-electron chi connectivity index (χ2n) is 16.7. The number of nitrogens with zero attached hydrogens (tertiary/aromatic N) is 3. The second kappa shape index (κ2) is 13.4. The van der Waals surface area contributed by atoms with Crippen LogP contribution in [0.2, 0.25) is 0 Å². The van der Waals surface area contributed by atoms with Crippen molar-refractivity contribution in [1.29, 1.82) is 0 Å². The molecule has 0 bridgehead atoms. The molecule has 0 saturated heterocycles. The third kappa shape index (κ3) is 4.95. The van der Waals surface area contributed by atoms with Gasteiger partial charge in [-0.05, 0) is 83.4 Å². The molecule has 0 unspecified atom stereocenters. The maximum atomic E-state index is 6.85. The van der Waals surface area contributed by atoms with E-state index in [-0.39, 0.29) is 0 Å². The van der Waals surface area contributed by atoms with E-state index in [4.69, 9.17) is 4.42 Å². The van der Waals surface area contributed by atoms with Gasteiger partial charge in [0.2, 0.25) is 0 Å². The summed E-state index contributed by atoms with van der Waals surface area (Å²) in [5.74, 6) is 0. The Balaban J connectivity index is 0.968. The maximum absolute atomic E-state index is 6.85. The molecule has 10 aromatic carbocycles. The molecule has 0 atom stereocenters. The summed E-state index contributed by atoms with van der Waals surface area (Å²) in [4.78, 5) is 0. The zero-order chi connectivity index (χ0) is 41.9. The first-order valence-electron chi connectivity index (χ1n) is 21.8. The quantitative estimate of drug-likeness (QED) is 0.170. The lowest BCUT2D eigenvalue weighted by Gasteiger charge is -2.12. The second-order valence-corrected chi connectivity index (χ2v) is 16.7. The molecule has 296 valence electrons. The highest BCUT2D eigenvalue weighted by Crippen LogP contribution is 2.43. The molecule has 0 spiro atoms. The Morgan fingerprint density at radius 3 is 1.64 bits per heavy atom. The maximum Gasteiger partial charge on any atom is 0.143 e. The molecule has 0 aliphatic rings. The van der Waals surface area contributed by atoms with Gasteiger partial charge in [-0.25, -0.2) is 0 Å². The lowest BCUT2D eigenvalue weighted by Crippen LogP contribution is -1.98. The SMILES string of the molecule is c1cc2c3ccc(-n4c5ccccc5c5cc(-n6c7ccccc7c7ccccc76)ccc54)cc3n(-c3cccc4oc5c(-c6ccc(-c7ccccc7)cc6)cccc5c34)c2cc#1. The van der Waals surface area contributed by atoms with Gasteiger partial charge >= 0.3 is 0 Å². The van der Waals surface area contributed by atoms with Gasteiger partial charge in [0.15, 0.2) is 0 Å². The van der Waals surface area contributed by atoms with E-state index in [9.17, 15) is 0 Å². The molecule has 0 radical (unpaired) electrons. The topological polar surface area (TPSA) is 27.9 Å². The van der Waals surface area contributed by atoms with Crippen molar-refractivity contribution >= 4 is 87.4 Å². The first kappa shape index (κ1) is 34.9. The molecule has 64 heavy (non-hydrogen) atoms. The summed E-state index contributed by atoms with van der Waals surface area (Å²) in [6.45, 7) is 0. The number of benzene rings is 9. The smallest absolute Gasteiger partial charge is 0.143 e. The monoisotopic (exact) mass is 813 g/mol. The van der Waals surface area contributed by atoms with Crippen LogP contribution >= 0.6 is 0 Å². The van der Waals surface area contributed by atoms with Crippen LogP contribution in [0.3, 0.4) is 0 Å². The number of aromatic nitrogens is 3. The minimum Gasteiger partial charge on any atom is -0.455 e. The number of furan rings is 1. The third-order valence-electron chi connectivity index (χ3n) is 13.3. The van der Waals surface area contributed by atoms with Crippen LogP contribution in [0.1, 0.15) is 0 Å². The number of fused-ring (bicyclic) bond motifs is 12. The fourth-order valence-corrected chi connectivity index (χ4v) is 10.5. The van der Waals surface area contributed by atoms with Gasteiger partial charge < -0.3 is 18.1 Å². The highest BCUT2D eigenvalue weighted by atomic mass is 16.3. The van der Waals surface area contributed by atoms with Crippen molar-refractivity contribution in [2.24, 2.45) is 0 Å². The fraction of sp³-hybridized carbons (Fsp3) is 0. The highest BCUT2D eigenvalue weighted by molar-refractivity contribution is 6.17. The predicted octanol–water partition coefficient (Wildman–Crippen LogP) is 15.8. The van der Waals surface area contributed by atoms with E-state index in [1.807, 2.05) is 0 Å². The van der Waals surface area contributed by atoms with Gasteiger partial charge in [0, 0.05) is 60.7 Å². The van der Waals surface area contributed by atoms with Crippen LogP contribution in [0.15, 0.2) is 217 Å². The number of rotatable bonds is 5. The van der Waals surface area contributed by atoms with Crippen molar-refractivity contribution < 1.29 is 4.42 Å². The summed E-state index contributed by atoms with van der Waals surface area (Å²) in [5, 5.41) is 9.37. The van der Waals surface area contributed by atoms with Crippen LogP contribution in [-0.4, -0.2) is 13.7 Å². The molecule has 0 aliphatic carbocycles. The van der Waals surface area contributed by atoms with Crippen LogP contribution in [0.5, 0.6) is 0 Å². The molecule has 14 aromatic rings. The number of para-hydroxylation sites is 4. The molecule has 0 saturated carbocycles. The van der Waals surface area contributed by atoms with Gasteiger partial charge in [0.25, 0.3) is 0 Å².